The molecule has 2 rings (SSSR count). The van der Waals surface area contributed by atoms with Gasteiger partial charge >= 0.3 is 5.97 Å². The molecule has 0 atom stereocenters. The van der Waals surface area contributed by atoms with E-state index in [0.29, 0.717) is 16.3 Å². The summed E-state index contributed by atoms with van der Waals surface area (Å²) in [5.41, 5.74) is 0.540. The van der Waals surface area contributed by atoms with Crippen LogP contribution in [0.5, 0.6) is 0 Å². The molecular weight excluding hydrogens is 318 g/mol. The van der Waals surface area contributed by atoms with Crippen molar-refractivity contribution in [1.82, 2.24) is 15.1 Å². The van der Waals surface area contributed by atoms with Crippen molar-refractivity contribution in [3.63, 3.8) is 0 Å². The number of benzene rings is 1. The SMILES string of the molecule is Cc1cn(-c2ccccc2Cl)nc1C(=O)NCC(C)(C)C(=O)O. The average molecular weight is 336 g/mol. The Kier molecular flexibility index (Phi) is 4.75. The van der Waals surface area contributed by atoms with Crippen LogP contribution in [0.2, 0.25) is 5.02 Å². The molecule has 1 amide bonds. The Balaban J connectivity index is 2.20. The van der Waals surface area contributed by atoms with Gasteiger partial charge in [0.05, 0.1) is 16.1 Å². The molecule has 1 aromatic carbocycles. The van der Waals surface area contributed by atoms with Crippen LogP contribution in [0.15, 0.2) is 30.5 Å². The average Bonchev–Trinajstić information content (AvgIpc) is 2.87. The lowest BCUT2D eigenvalue weighted by Crippen LogP contribution is -2.39. The van der Waals surface area contributed by atoms with Gasteiger partial charge in [0.2, 0.25) is 0 Å². The van der Waals surface area contributed by atoms with E-state index < -0.39 is 17.3 Å². The fourth-order valence-corrected chi connectivity index (χ4v) is 2.13. The maximum atomic E-state index is 12.3. The van der Waals surface area contributed by atoms with Crippen LogP contribution in [0.3, 0.4) is 0 Å². The zero-order chi connectivity index (χ0) is 17.2. The molecule has 0 aliphatic heterocycles. The Morgan fingerprint density at radius 3 is 2.61 bits per heavy atom. The second-order valence-electron chi connectivity index (χ2n) is 5.93. The van der Waals surface area contributed by atoms with E-state index >= 15 is 0 Å². The van der Waals surface area contributed by atoms with Crippen LogP contribution in [-0.4, -0.2) is 33.3 Å². The minimum atomic E-state index is -1.05. The van der Waals surface area contributed by atoms with Gasteiger partial charge in [-0.2, -0.15) is 5.10 Å². The Hall–Kier alpha value is -2.34. The van der Waals surface area contributed by atoms with Gasteiger partial charge in [0, 0.05) is 18.3 Å². The van der Waals surface area contributed by atoms with E-state index in [1.54, 1.807) is 39.1 Å². The van der Waals surface area contributed by atoms with Crippen LogP contribution in [0, 0.1) is 12.3 Å². The Morgan fingerprint density at radius 2 is 2.00 bits per heavy atom. The molecule has 0 unspecified atom stereocenters. The highest BCUT2D eigenvalue weighted by Crippen LogP contribution is 2.20. The fraction of sp³-hybridized carbons (Fsp3) is 0.312. The van der Waals surface area contributed by atoms with E-state index in [2.05, 4.69) is 10.4 Å². The zero-order valence-corrected chi connectivity index (χ0v) is 13.9. The van der Waals surface area contributed by atoms with Crippen molar-refractivity contribution < 1.29 is 14.7 Å². The topological polar surface area (TPSA) is 84.2 Å². The summed E-state index contributed by atoms with van der Waals surface area (Å²) in [5.74, 6) is -1.39. The lowest BCUT2D eigenvalue weighted by Gasteiger charge is -2.19. The highest BCUT2D eigenvalue weighted by Gasteiger charge is 2.28. The molecule has 1 aromatic heterocycles. The fourth-order valence-electron chi connectivity index (χ4n) is 1.91. The Bertz CT molecular complexity index is 753. The molecule has 0 saturated heterocycles. The Morgan fingerprint density at radius 1 is 1.35 bits per heavy atom. The molecule has 0 aliphatic carbocycles. The number of hydrogen-bond acceptors (Lipinski definition) is 3. The van der Waals surface area contributed by atoms with E-state index in [1.165, 1.54) is 4.68 Å². The van der Waals surface area contributed by atoms with Gasteiger partial charge in [0.25, 0.3) is 5.91 Å². The Labute approximate surface area is 139 Å². The number of nitrogens with zero attached hydrogens (tertiary/aromatic N) is 2. The molecule has 6 nitrogen and oxygen atoms in total. The van der Waals surface area contributed by atoms with Gasteiger partial charge in [-0.25, -0.2) is 4.68 Å². The van der Waals surface area contributed by atoms with Crippen LogP contribution >= 0.6 is 11.6 Å². The van der Waals surface area contributed by atoms with Crippen LogP contribution in [0.25, 0.3) is 5.69 Å². The summed E-state index contributed by atoms with van der Waals surface area (Å²) in [6.07, 6.45) is 1.71. The van der Waals surface area contributed by atoms with E-state index in [9.17, 15) is 9.59 Å². The predicted molar refractivity (Wildman–Crippen MR) is 87.1 cm³/mol. The first-order chi connectivity index (χ1) is 10.7. The van der Waals surface area contributed by atoms with E-state index in [1.807, 2.05) is 12.1 Å². The third-order valence-electron chi connectivity index (χ3n) is 3.48. The second-order valence-corrected chi connectivity index (χ2v) is 6.34. The first-order valence-electron chi connectivity index (χ1n) is 7.05. The summed E-state index contributed by atoms with van der Waals surface area (Å²) in [5, 5.41) is 16.5. The molecule has 0 radical (unpaired) electrons. The summed E-state index contributed by atoms with van der Waals surface area (Å²) in [7, 11) is 0. The summed E-state index contributed by atoms with van der Waals surface area (Å²) in [4.78, 5) is 23.3. The number of para-hydroxylation sites is 1. The molecule has 23 heavy (non-hydrogen) atoms. The normalized spacial score (nSPS) is 11.3. The van der Waals surface area contributed by atoms with E-state index in [-0.39, 0.29) is 12.2 Å². The quantitative estimate of drug-likeness (QED) is 0.879. The van der Waals surface area contributed by atoms with Crippen molar-refractivity contribution in [3.05, 3.63) is 46.7 Å². The molecule has 0 saturated carbocycles. The van der Waals surface area contributed by atoms with Crippen LogP contribution < -0.4 is 5.32 Å². The second kappa shape index (κ2) is 6.42. The van der Waals surface area contributed by atoms with Gasteiger partial charge in [-0.3, -0.25) is 9.59 Å². The van der Waals surface area contributed by atoms with Crippen molar-refractivity contribution >= 4 is 23.5 Å². The zero-order valence-electron chi connectivity index (χ0n) is 13.1. The van der Waals surface area contributed by atoms with Crippen LogP contribution in [0.4, 0.5) is 0 Å². The maximum Gasteiger partial charge on any atom is 0.310 e. The third kappa shape index (κ3) is 3.71. The lowest BCUT2D eigenvalue weighted by molar-refractivity contribution is -0.146. The third-order valence-corrected chi connectivity index (χ3v) is 3.80. The summed E-state index contributed by atoms with van der Waals surface area (Å²) in [6, 6.07) is 7.17. The van der Waals surface area contributed by atoms with Crippen LogP contribution in [-0.2, 0) is 4.79 Å². The number of rotatable bonds is 5. The largest absolute Gasteiger partial charge is 0.481 e. The monoisotopic (exact) mass is 335 g/mol. The molecule has 0 fully saturated rings. The highest BCUT2D eigenvalue weighted by molar-refractivity contribution is 6.32. The number of carboxylic acids is 1. The first kappa shape index (κ1) is 17.0. The molecule has 0 bridgehead atoms. The number of aliphatic carboxylic acids is 1. The lowest BCUT2D eigenvalue weighted by atomic mass is 9.94. The highest BCUT2D eigenvalue weighted by atomic mass is 35.5. The van der Waals surface area contributed by atoms with Crippen LogP contribution in [0.1, 0.15) is 29.9 Å². The van der Waals surface area contributed by atoms with Gasteiger partial charge in [0.1, 0.15) is 0 Å². The van der Waals surface area contributed by atoms with Gasteiger partial charge in [0.15, 0.2) is 5.69 Å². The molecule has 1 heterocycles. The number of carboxylic acid groups (broad SMARTS) is 1. The molecule has 0 spiro atoms. The maximum absolute atomic E-state index is 12.3. The van der Waals surface area contributed by atoms with Crippen molar-refractivity contribution in [1.29, 1.82) is 0 Å². The van der Waals surface area contributed by atoms with Crippen molar-refractivity contribution in [2.24, 2.45) is 5.41 Å². The molecule has 122 valence electrons. The summed E-state index contributed by atoms with van der Waals surface area (Å²) < 4.78 is 1.54. The van der Waals surface area contributed by atoms with Gasteiger partial charge in [-0.15, -0.1) is 0 Å². The minimum Gasteiger partial charge on any atom is -0.481 e. The summed E-state index contributed by atoms with van der Waals surface area (Å²) in [6.45, 7) is 4.87. The number of carbonyl (C=O) groups is 2. The summed E-state index contributed by atoms with van der Waals surface area (Å²) >= 11 is 6.13. The molecule has 7 heteroatoms. The van der Waals surface area contributed by atoms with E-state index in [0.717, 1.165) is 0 Å². The van der Waals surface area contributed by atoms with Gasteiger partial charge in [-0.05, 0) is 32.9 Å². The van der Waals surface area contributed by atoms with Crippen molar-refractivity contribution in [3.8, 4) is 5.69 Å². The van der Waals surface area contributed by atoms with Gasteiger partial charge < -0.3 is 10.4 Å². The number of aryl methyl sites for hydroxylation is 1. The first-order valence-corrected chi connectivity index (χ1v) is 7.43. The molecule has 2 N–H and O–H groups in total. The number of halogens is 1. The number of nitrogens with one attached hydrogen (secondary N) is 1. The molecule has 2 aromatic rings. The minimum absolute atomic E-state index is 0.0135. The number of hydrogen-bond donors (Lipinski definition) is 2. The predicted octanol–water partition coefficient (Wildman–Crippen LogP) is 2.67. The van der Waals surface area contributed by atoms with Gasteiger partial charge in [-0.1, -0.05) is 23.7 Å². The van der Waals surface area contributed by atoms with Crippen molar-refractivity contribution in [2.45, 2.75) is 20.8 Å². The van der Waals surface area contributed by atoms with Crippen molar-refractivity contribution in [2.75, 3.05) is 6.54 Å². The smallest absolute Gasteiger partial charge is 0.310 e. The standard InChI is InChI=1S/C16H18ClN3O3/c1-10-8-20(12-7-5-4-6-11(12)17)19-13(10)14(21)18-9-16(2,3)15(22)23/h4-8H,9H2,1-3H3,(H,18,21)(H,22,23). The molecular formula is C16H18ClN3O3. The number of carbonyl (C=O) groups excluding carboxylic acids is 1. The molecule has 0 aliphatic rings. The van der Waals surface area contributed by atoms with E-state index in [4.69, 9.17) is 16.7 Å². The number of amides is 1. The number of aromatic nitrogens is 2.